The average molecular weight is 285 g/mol. The molecule has 4 heteroatoms. The van der Waals surface area contributed by atoms with Crippen molar-refractivity contribution in [3.63, 3.8) is 0 Å². The average Bonchev–Trinajstić information content (AvgIpc) is 2.83. The maximum Gasteiger partial charge on any atom is 0.166 e. The van der Waals surface area contributed by atoms with Crippen LogP contribution in [0.5, 0.6) is 11.5 Å². The van der Waals surface area contributed by atoms with Gasteiger partial charge in [0.1, 0.15) is 6.10 Å². The lowest BCUT2D eigenvalue weighted by atomic mass is 9.56. The Kier molecular flexibility index (Phi) is 2.08. The smallest absolute Gasteiger partial charge is 0.166 e. The zero-order valence-corrected chi connectivity index (χ0v) is 12.0. The molecule has 4 nitrogen and oxygen atoms in total. The van der Waals surface area contributed by atoms with E-state index in [-0.39, 0.29) is 17.3 Å². The molecule has 2 bridgehead atoms. The Balaban J connectivity index is 1.86. The highest BCUT2D eigenvalue weighted by Crippen LogP contribution is 2.62. The molecule has 0 amide bonds. The van der Waals surface area contributed by atoms with E-state index in [0.29, 0.717) is 18.2 Å². The monoisotopic (exact) mass is 285 g/mol. The third-order valence-corrected chi connectivity index (χ3v) is 6.01. The van der Waals surface area contributed by atoms with Crippen LogP contribution in [0.25, 0.3) is 0 Å². The van der Waals surface area contributed by atoms with Crippen LogP contribution in [0.2, 0.25) is 0 Å². The van der Waals surface area contributed by atoms with Gasteiger partial charge in [-0.15, -0.1) is 0 Å². The highest BCUT2D eigenvalue weighted by atomic mass is 16.5. The van der Waals surface area contributed by atoms with Crippen LogP contribution in [0.15, 0.2) is 23.8 Å². The van der Waals surface area contributed by atoms with Gasteiger partial charge in [-0.25, -0.2) is 0 Å². The molecule has 2 heterocycles. The van der Waals surface area contributed by atoms with Gasteiger partial charge in [0.25, 0.3) is 0 Å². The van der Waals surface area contributed by atoms with E-state index in [1.54, 1.807) is 6.07 Å². The highest BCUT2D eigenvalue weighted by molar-refractivity contribution is 5.65. The first-order chi connectivity index (χ1) is 10.1. The molecule has 1 saturated heterocycles. The van der Waals surface area contributed by atoms with Crippen LogP contribution in [-0.2, 0) is 11.8 Å². The number of phenolic OH excluding ortho intramolecular Hbond substituents is 1. The van der Waals surface area contributed by atoms with Crippen molar-refractivity contribution in [1.29, 1.82) is 0 Å². The van der Waals surface area contributed by atoms with Crippen molar-refractivity contribution in [1.82, 2.24) is 4.90 Å². The van der Waals surface area contributed by atoms with E-state index >= 15 is 0 Å². The summed E-state index contributed by atoms with van der Waals surface area (Å²) >= 11 is 0. The lowest BCUT2D eigenvalue weighted by Gasteiger charge is -2.54. The van der Waals surface area contributed by atoms with Crippen LogP contribution in [-0.4, -0.2) is 47.0 Å². The Morgan fingerprint density at radius 2 is 2.24 bits per heavy atom. The van der Waals surface area contributed by atoms with E-state index in [2.05, 4.69) is 18.0 Å². The second kappa shape index (κ2) is 3.62. The minimum absolute atomic E-state index is 0.210. The number of aliphatic hydroxyl groups is 1. The van der Waals surface area contributed by atoms with Crippen molar-refractivity contribution >= 4 is 0 Å². The first-order valence-electron chi connectivity index (χ1n) is 7.74. The maximum absolute atomic E-state index is 10.5. The Morgan fingerprint density at radius 3 is 3.10 bits per heavy atom. The first kappa shape index (κ1) is 12.1. The van der Waals surface area contributed by atoms with Gasteiger partial charge in [-0.05, 0) is 50.1 Å². The number of hydrogen-bond acceptors (Lipinski definition) is 4. The third kappa shape index (κ3) is 1.21. The fourth-order valence-corrected chi connectivity index (χ4v) is 5.09. The summed E-state index contributed by atoms with van der Waals surface area (Å²) in [5.41, 5.74) is 3.62. The molecule has 2 aliphatic carbocycles. The lowest BCUT2D eigenvalue weighted by molar-refractivity contribution is -0.0123. The predicted octanol–water partition coefficient (Wildman–Crippen LogP) is 1.34. The van der Waals surface area contributed by atoms with Gasteiger partial charge in [-0.3, -0.25) is 4.90 Å². The van der Waals surface area contributed by atoms with Crippen LogP contribution >= 0.6 is 0 Å². The summed E-state index contributed by atoms with van der Waals surface area (Å²) in [6, 6.07) is 4.17. The molecule has 21 heavy (non-hydrogen) atoms. The molecular formula is C17H19NO3. The molecule has 1 fully saturated rings. The van der Waals surface area contributed by atoms with Crippen LogP contribution in [0.4, 0.5) is 0 Å². The van der Waals surface area contributed by atoms with Gasteiger partial charge in [0.15, 0.2) is 11.5 Å². The molecule has 0 unspecified atom stereocenters. The summed E-state index contributed by atoms with van der Waals surface area (Å²) < 4.78 is 6.10. The molecule has 5 rings (SSSR count). The molecule has 110 valence electrons. The molecule has 4 aliphatic rings. The fourth-order valence-electron chi connectivity index (χ4n) is 5.09. The topological polar surface area (TPSA) is 52.9 Å². The van der Waals surface area contributed by atoms with Gasteiger partial charge in [-0.1, -0.05) is 12.1 Å². The zero-order valence-electron chi connectivity index (χ0n) is 12.0. The molecule has 1 aromatic carbocycles. The van der Waals surface area contributed by atoms with E-state index in [1.165, 1.54) is 11.1 Å². The van der Waals surface area contributed by atoms with Gasteiger partial charge in [-0.2, -0.15) is 0 Å². The standard InChI is InChI=1S/C17H19NO3/c1-18-7-6-17-10-3-5-13(20)16(17)21-15-12(19)4-2-9(14(15)17)8-11(10)18/h2-4,11,13,16,19-20H,5-8H2,1H3/t11-,13+,16+,17+/m1/s1. The number of piperidine rings is 1. The van der Waals surface area contributed by atoms with Crippen LogP contribution in [0.3, 0.4) is 0 Å². The van der Waals surface area contributed by atoms with Gasteiger partial charge < -0.3 is 14.9 Å². The normalized spacial score (nSPS) is 39.5. The predicted molar refractivity (Wildman–Crippen MR) is 77.6 cm³/mol. The molecule has 0 aromatic heterocycles. The summed E-state index contributed by atoms with van der Waals surface area (Å²) in [6.45, 7) is 1.00. The van der Waals surface area contributed by atoms with Crippen molar-refractivity contribution in [3.05, 3.63) is 34.9 Å². The van der Waals surface area contributed by atoms with Crippen LogP contribution < -0.4 is 4.74 Å². The lowest BCUT2D eigenvalue weighted by Crippen LogP contribution is -2.61. The van der Waals surface area contributed by atoms with Crippen LogP contribution in [0.1, 0.15) is 24.0 Å². The number of likely N-dealkylation sites (tertiary alicyclic amines) is 1. The molecule has 4 atom stereocenters. The molecule has 1 aromatic rings. The Labute approximate surface area is 123 Å². The van der Waals surface area contributed by atoms with E-state index < -0.39 is 6.10 Å². The number of rotatable bonds is 0. The molecule has 2 N–H and O–H groups in total. The zero-order chi connectivity index (χ0) is 14.4. The van der Waals surface area contributed by atoms with Crippen molar-refractivity contribution in [2.24, 2.45) is 0 Å². The quantitative estimate of drug-likeness (QED) is 0.706. The van der Waals surface area contributed by atoms with Gasteiger partial charge in [0.2, 0.25) is 0 Å². The van der Waals surface area contributed by atoms with E-state index in [1.807, 2.05) is 6.07 Å². The van der Waals surface area contributed by atoms with Gasteiger partial charge >= 0.3 is 0 Å². The fraction of sp³-hybridized carbons (Fsp3) is 0.529. The second-order valence-corrected chi connectivity index (χ2v) is 6.87. The van der Waals surface area contributed by atoms with Crippen molar-refractivity contribution < 1.29 is 14.9 Å². The number of nitrogens with zero attached hydrogens (tertiary/aromatic N) is 1. The molecule has 0 saturated carbocycles. The largest absolute Gasteiger partial charge is 0.504 e. The first-order valence-corrected chi connectivity index (χ1v) is 7.74. The van der Waals surface area contributed by atoms with Crippen molar-refractivity contribution in [3.8, 4) is 11.5 Å². The van der Waals surface area contributed by atoms with Crippen molar-refractivity contribution in [2.75, 3.05) is 13.6 Å². The maximum atomic E-state index is 10.5. The van der Waals surface area contributed by atoms with Crippen molar-refractivity contribution in [2.45, 2.75) is 42.9 Å². The highest BCUT2D eigenvalue weighted by Gasteiger charge is 2.62. The number of aromatic hydroxyl groups is 1. The Bertz CT molecular complexity index is 683. The molecule has 2 aliphatic heterocycles. The van der Waals surface area contributed by atoms with E-state index in [9.17, 15) is 10.2 Å². The summed E-state index contributed by atoms with van der Waals surface area (Å²) in [7, 11) is 2.18. The van der Waals surface area contributed by atoms with E-state index in [0.717, 1.165) is 24.9 Å². The number of aliphatic hydroxyl groups excluding tert-OH is 1. The summed E-state index contributed by atoms with van der Waals surface area (Å²) in [5, 5.41) is 20.7. The minimum atomic E-state index is -0.490. The summed E-state index contributed by atoms with van der Waals surface area (Å²) in [5.74, 6) is 0.828. The van der Waals surface area contributed by atoms with E-state index in [4.69, 9.17) is 4.74 Å². The number of phenols is 1. The second-order valence-electron chi connectivity index (χ2n) is 6.87. The Morgan fingerprint density at radius 1 is 1.38 bits per heavy atom. The Hall–Kier alpha value is -1.52. The van der Waals surface area contributed by atoms with Crippen LogP contribution in [0, 0.1) is 0 Å². The molecule has 0 radical (unpaired) electrons. The third-order valence-electron chi connectivity index (χ3n) is 6.01. The van der Waals surface area contributed by atoms with Gasteiger partial charge in [0.05, 0.1) is 11.5 Å². The molecular weight excluding hydrogens is 266 g/mol. The molecule has 1 spiro atoms. The van der Waals surface area contributed by atoms with Gasteiger partial charge in [0, 0.05) is 11.6 Å². The number of likely N-dealkylation sites (N-methyl/N-ethyl adjacent to an activating group) is 1. The number of hydrogen-bond donors (Lipinski definition) is 2. The summed E-state index contributed by atoms with van der Waals surface area (Å²) in [6.07, 6.45) is 4.07. The number of benzene rings is 1. The SMILES string of the molecule is CN1CC[C@@]23C4=CC[C@H](O)[C@@H]2Oc2c(O)ccc(c23)C[C@H]41. The number of ether oxygens (including phenoxy) is 1. The summed E-state index contributed by atoms with van der Waals surface area (Å²) in [4.78, 5) is 2.42. The minimum Gasteiger partial charge on any atom is -0.504 e.